The van der Waals surface area contributed by atoms with Gasteiger partial charge in [-0.2, -0.15) is 0 Å². The minimum absolute atomic E-state index is 0.646. The molecule has 0 saturated carbocycles. The number of fused-ring (bicyclic) bond motifs is 1. The van der Waals surface area contributed by atoms with Crippen LogP contribution in [0.1, 0.15) is 32.3 Å². The van der Waals surface area contributed by atoms with E-state index >= 15 is 0 Å². The molecule has 2 nitrogen and oxygen atoms in total. The molecule has 1 aromatic heterocycles. The van der Waals surface area contributed by atoms with E-state index in [9.17, 15) is 0 Å². The molecule has 0 aliphatic rings. The number of H-pyrrole nitrogens is 1. The van der Waals surface area contributed by atoms with Crippen molar-refractivity contribution in [2.45, 2.75) is 33.1 Å². The second-order valence-corrected chi connectivity index (χ2v) is 4.74. The molecule has 1 heterocycles. The summed E-state index contributed by atoms with van der Waals surface area (Å²) >= 11 is 0. The van der Waals surface area contributed by atoms with Crippen molar-refractivity contribution < 1.29 is 0 Å². The molecular formula is C16H22N2. The van der Waals surface area contributed by atoms with Crippen molar-refractivity contribution in [2.24, 2.45) is 10.9 Å². The summed E-state index contributed by atoms with van der Waals surface area (Å²) in [5, 5.41) is 1.33. The van der Waals surface area contributed by atoms with Crippen LogP contribution in [0.2, 0.25) is 0 Å². The van der Waals surface area contributed by atoms with Crippen molar-refractivity contribution in [3.05, 3.63) is 36.0 Å². The topological polar surface area (TPSA) is 28.1 Å². The molecule has 0 bridgehead atoms. The van der Waals surface area contributed by atoms with Crippen LogP contribution in [0.25, 0.3) is 10.9 Å². The number of hydrogen-bond donors (Lipinski definition) is 1. The van der Waals surface area contributed by atoms with E-state index in [0.29, 0.717) is 5.92 Å². The Morgan fingerprint density at radius 3 is 2.78 bits per heavy atom. The zero-order valence-corrected chi connectivity index (χ0v) is 11.3. The first-order valence-corrected chi connectivity index (χ1v) is 6.90. The minimum atomic E-state index is 0.646. The molecule has 0 aliphatic heterocycles. The first-order valence-electron chi connectivity index (χ1n) is 6.90. The number of nitrogens with one attached hydrogen (secondary N) is 1. The van der Waals surface area contributed by atoms with Crippen LogP contribution in [0.4, 0.5) is 0 Å². The summed E-state index contributed by atoms with van der Waals surface area (Å²) < 4.78 is 0. The fraction of sp³-hybridized carbons (Fsp3) is 0.438. The lowest BCUT2D eigenvalue weighted by Gasteiger charge is -2.03. The maximum atomic E-state index is 4.56. The molecule has 2 aromatic rings. The highest BCUT2D eigenvalue weighted by atomic mass is 14.7. The summed E-state index contributed by atoms with van der Waals surface area (Å²) in [6.07, 6.45) is 7.63. The molecule has 0 spiro atoms. The van der Waals surface area contributed by atoms with Gasteiger partial charge in [0.1, 0.15) is 0 Å². The normalized spacial score (nSPS) is 11.9. The van der Waals surface area contributed by atoms with Crippen LogP contribution in [0.3, 0.4) is 0 Å². The van der Waals surface area contributed by atoms with Crippen LogP contribution in [0.5, 0.6) is 0 Å². The monoisotopic (exact) mass is 242 g/mol. The maximum absolute atomic E-state index is 4.56. The SMILES string of the molecule is CCC(C=NCCc1c[nH]c2ccccc12)CC. The van der Waals surface area contributed by atoms with Gasteiger partial charge >= 0.3 is 0 Å². The highest BCUT2D eigenvalue weighted by molar-refractivity contribution is 5.83. The van der Waals surface area contributed by atoms with Crippen molar-refractivity contribution in [2.75, 3.05) is 6.54 Å². The quantitative estimate of drug-likeness (QED) is 0.735. The zero-order valence-electron chi connectivity index (χ0n) is 11.3. The van der Waals surface area contributed by atoms with Gasteiger partial charge in [-0.3, -0.25) is 4.99 Å². The largest absolute Gasteiger partial charge is 0.361 e. The lowest BCUT2D eigenvalue weighted by Crippen LogP contribution is -1.99. The van der Waals surface area contributed by atoms with Gasteiger partial charge in [-0.25, -0.2) is 0 Å². The standard InChI is InChI=1S/C16H22N2/c1-3-13(4-2)11-17-10-9-14-12-18-16-8-6-5-7-15(14)16/h5-8,11-13,18H,3-4,9-10H2,1-2H3. The van der Waals surface area contributed by atoms with Crippen LogP contribution < -0.4 is 0 Å². The Morgan fingerprint density at radius 2 is 2.00 bits per heavy atom. The highest BCUT2D eigenvalue weighted by Crippen LogP contribution is 2.17. The van der Waals surface area contributed by atoms with Gasteiger partial charge in [0.25, 0.3) is 0 Å². The summed E-state index contributed by atoms with van der Waals surface area (Å²) in [7, 11) is 0. The molecule has 1 N–H and O–H groups in total. The van der Waals surface area contributed by atoms with Gasteiger partial charge in [0.15, 0.2) is 0 Å². The van der Waals surface area contributed by atoms with Crippen LogP contribution in [0, 0.1) is 5.92 Å². The summed E-state index contributed by atoms with van der Waals surface area (Å²) in [6, 6.07) is 8.44. The number of aromatic nitrogens is 1. The predicted octanol–water partition coefficient (Wildman–Crippen LogP) is 4.22. The molecule has 96 valence electrons. The molecule has 1 aromatic carbocycles. The number of nitrogens with zero attached hydrogens (tertiary/aromatic N) is 1. The van der Waals surface area contributed by atoms with Gasteiger partial charge in [0.2, 0.25) is 0 Å². The average Bonchev–Trinajstić information content (AvgIpc) is 2.82. The average molecular weight is 242 g/mol. The van der Waals surface area contributed by atoms with Gasteiger partial charge in [-0.05, 0) is 36.8 Å². The number of aromatic amines is 1. The summed E-state index contributed by atoms with van der Waals surface area (Å²) in [5.41, 5.74) is 2.59. The molecule has 0 atom stereocenters. The van der Waals surface area contributed by atoms with E-state index < -0.39 is 0 Å². The lowest BCUT2D eigenvalue weighted by molar-refractivity contribution is 0.652. The molecular weight excluding hydrogens is 220 g/mol. The van der Waals surface area contributed by atoms with Crippen molar-refractivity contribution in [3.8, 4) is 0 Å². The van der Waals surface area contributed by atoms with Gasteiger partial charge in [-0.1, -0.05) is 32.0 Å². The molecule has 0 amide bonds. The van der Waals surface area contributed by atoms with Crippen molar-refractivity contribution in [3.63, 3.8) is 0 Å². The Hall–Kier alpha value is -1.57. The van der Waals surface area contributed by atoms with E-state index in [0.717, 1.165) is 13.0 Å². The van der Waals surface area contributed by atoms with E-state index in [2.05, 4.69) is 60.5 Å². The Bertz CT molecular complexity index is 507. The van der Waals surface area contributed by atoms with Crippen LogP contribution >= 0.6 is 0 Å². The van der Waals surface area contributed by atoms with E-state index in [1.165, 1.54) is 29.3 Å². The van der Waals surface area contributed by atoms with Gasteiger partial charge < -0.3 is 4.98 Å². The highest BCUT2D eigenvalue weighted by Gasteiger charge is 2.02. The fourth-order valence-corrected chi connectivity index (χ4v) is 2.25. The van der Waals surface area contributed by atoms with E-state index in [4.69, 9.17) is 0 Å². The third-order valence-electron chi connectivity index (χ3n) is 3.55. The van der Waals surface area contributed by atoms with Crippen LogP contribution in [0.15, 0.2) is 35.5 Å². The zero-order chi connectivity index (χ0) is 12.8. The molecule has 0 aliphatic carbocycles. The molecule has 18 heavy (non-hydrogen) atoms. The smallest absolute Gasteiger partial charge is 0.0456 e. The Morgan fingerprint density at radius 1 is 1.22 bits per heavy atom. The third-order valence-corrected chi connectivity index (χ3v) is 3.55. The van der Waals surface area contributed by atoms with E-state index in [-0.39, 0.29) is 0 Å². The molecule has 0 fully saturated rings. The molecule has 0 radical (unpaired) electrons. The van der Waals surface area contributed by atoms with Crippen molar-refractivity contribution in [1.82, 2.24) is 4.98 Å². The van der Waals surface area contributed by atoms with Gasteiger partial charge in [0.05, 0.1) is 0 Å². The van der Waals surface area contributed by atoms with Crippen molar-refractivity contribution >= 4 is 17.1 Å². The molecule has 0 unspecified atom stereocenters. The summed E-state index contributed by atoms with van der Waals surface area (Å²) in [5.74, 6) is 0.646. The number of aliphatic imine (C=N–C) groups is 1. The van der Waals surface area contributed by atoms with Gasteiger partial charge in [-0.15, -0.1) is 0 Å². The molecule has 2 heteroatoms. The number of benzene rings is 1. The summed E-state index contributed by atoms with van der Waals surface area (Å²) in [6.45, 7) is 5.33. The predicted molar refractivity (Wildman–Crippen MR) is 79.4 cm³/mol. The maximum Gasteiger partial charge on any atom is 0.0456 e. The third kappa shape index (κ3) is 3.00. The Kier molecular flexibility index (Phi) is 4.57. The number of para-hydroxylation sites is 1. The first-order chi connectivity index (χ1) is 8.85. The number of hydrogen-bond acceptors (Lipinski definition) is 1. The Balaban J connectivity index is 1.94. The van der Waals surface area contributed by atoms with Crippen LogP contribution in [-0.2, 0) is 6.42 Å². The summed E-state index contributed by atoms with van der Waals surface area (Å²) in [4.78, 5) is 7.86. The molecule has 0 saturated heterocycles. The number of rotatable bonds is 6. The van der Waals surface area contributed by atoms with Gasteiger partial charge in [0, 0.05) is 29.9 Å². The van der Waals surface area contributed by atoms with E-state index in [1.807, 2.05) is 0 Å². The lowest BCUT2D eigenvalue weighted by atomic mass is 10.1. The minimum Gasteiger partial charge on any atom is -0.361 e. The van der Waals surface area contributed by atoms with Crippen molar-refractivity contribution in [1.29, 1.82) is 0 Å². The molecule has 2 rings (SSSR count). The second-order valence-electron chi connectivity index (χ2n) is 4.74. The van der Waals surface area contributed by atoms with E-state index in [1.54, 1.807) is 0 Å². The Labute approximate surface area is 109 Å². The first kappa shape index (κ1) is 12.9. The van der Waals surface area contributed by atoms with Crippen LogP contribution in [-0.4, -0.2) is 17.7 Å². The fourth-order valence-electron chi connectivity index (χ4n) is 2.25. The second kappa shape index (κ2) is 6.39.